The number of pyridine rings is 1. The van der Waals surface area contributed by atoms with Crippen LogP contribution >= 0.6 is 0 Å². The summed E-state index contributed by atoms with van der Waals surface area (Å²) in [7, 11) is 0. The summed E-state index contributed by atoms with van der Waals surface area (Å²) in [5, 5.41) is 0. The van der Waals surface area contributed by atoms with E-state index in [1.54, 1.807) is 11.1 Å². The van der Waals surface area contributed by atoms with Crippen molar-refractivity contribution in [2.24, 2.45) is 0 Å². The predicted octanol–water partition coefficient (Wildman–Crippen LogP) is 14.0. The van der Waals surface area contributed by atoms with Crippen LogP contribution in [0.25, 0.3) is 5.69 Å². The first-order valence-electron chi connectivity index (χ1n) is 19.9. The molecule has 0 bridgehead atoms. The summed E-state index contributed by atoms with van der Waals surface area (Å²) < 4.78 is 2.34. The highest BCUT2D eigenvalue weighted by molar-refractivity contribution is 5.26. The maximum absolute atomic E-state index is 2.44. The van der Waals surface area contributed by atoms with Crippen molar-refractivity contribution in [3.8, 4) is 5.69 Å². The van der Waals surface area contributed by atoms with Crippen LogP contribution < -0.4 is 4.57 Å². The number of para-hydroxylation sites is 1. The van der Waals surface area contributed by atoms with E-state index in [0.717, 1.165) is 0 Å². The maximum Gasteiger partial charge on any atom is 0.210 e. The molecular weight excluding hydrogens is 530 g/mol. The summed E-state index contributed by atoms with van der Waals surface area (Å²) in [6.07, 6.45) is 47.3. The Morgan fingerprint density at radius 2 is 0.705 bits per heavy atom. The number of aromatic nitrogens is 1. The molecule has 1 heterocycles. The highest BCUT2D eigenvalue weighted by Crippen LogP contribution is 2.19. The van der Waals surface area contributed by atoms with Gasteiger partial charge in [-0.3, -0.25) is 0 Å². The Hall–Kier alpha value is -1.63. The molecule has 0 aliphatic carbocycles. The van der Waals surface area contributed by atoms with Gasteiger partial charge in [-0.1, -0.05) is 199 Å². The summed E-state index contributed by atoms with van der Waals surface area (Å²) >= 11 is 0. The third-order valence-electron chi connectivity index (χ3n) is 9.80. The van der Waals surface area contributed by atoms with Crippen LogP contribution in [0.1, 0.15) is 205 Å². The molecule has 0 spiro atoms. The van der Waals surface area contributed by atoms with Crippen LogP contribution in [0.2, 0.25) is 0 Å². The monoisotopic (exact) mass is 605 g/mol. The van der Waals surface area contributed by atoms with Gasteiger partial charge in [0.1, 0.15) is 0 Å². The standard InChI is InChI=1S/C43H74N/c1-3-5-7-9-11-13-15-17-19-21-23-25-27-30-34-41-38-39-44(43-36-32-29-33-37-43)40-42(41)35-31-28-26-24-22-20-18-16-14-12-10-8-6-4-2/h29,32-33,36-40H,3-28,30-31,34-35H2,1-2H3/q+1. The van der Waals surface area contributed by atoms with E-state index in [2.05, 4.69) is 67.2 Å². The molecular formula is C43H74N+. The fourth-order valence-corrected chi connectivity index (χ4v) is 6.82. The van der Waals surface area contributed by atoms with Crippen molar-refractivity contribution in [1.82, 2.24) is 0 Å². The second-order valence-corrected chi connectivity index (χ2v) is 13.9. The average molecular weight is 605 g/mol. The molecule has 250 valence electrons. The molecule has 0 radical (unpaired) electrons. The third-order valence-corrected chi connectivity index (χ3v) is 9.80. The normalized spacial score (nSPS) is 11.4. The highest BCUT2D eigenvalue weighted by atomic mass is 14.9. The quantitative estimate of drug-likeness (QED) is 0.0595. The van der Waals surface area contributed by atoms with E-state index in [9.17, 15) is 0 Å². The van der Waals surface area contributed by atoms with Gasteiger partial charge >= 0.3 is 0 Å². The Kier molecular flexibility index (Phi) is 25.2. The molecule has 0 unspecified atom stereocenters. The van der Waals surface area contributed by atoms with Gasteiger partial charge in [-0.2, -0.15) is 4.57 Å². The van der Waals surface area contributed by atoms with Crippen LogP contribution in [-0.2, 0) is 12.8 Å². The fraction of sp³-hybridized carbons (Fsp3) is 0.744. The molecule has 2 aromatic rings. The average Bonchev–Trinajstić information content (AvgIpc) is 3.06. The molecule has 0 aliphatic rings. The molecule has 1 heteroatoms. The summed E-state index contributed by atoms with van der Waals surface area (Å²) in [6.45, 7) is 4.61. The first-order chi connectivity index (χ1) is 21.8. The number of aryl methyl sites for hydroxylation is 2. The highest BCUT2D eigenvalue weighted by Gasteiger charge is 2.12. The molecule has 0 saturated heterocycles. The zero-order chi connectivity index (χ0) is 31.2. The summed E-state index contributed by atoms with van der Waals surface area (Å²) in [5.41, 5.74) is 4.47. The van der Waals surface area contributed by atoms with Gasteiger partial charge in [-0.25, -0.2) is 0 Å². The van der Waals surface area contributed by atoms with Crippen LogP contribution in [-0.4, -0.2) is 0 Å². The minimum Gasteiger partial charge on any atom is -0.167 e. The van der Waals surface area contributed by atoms with Gasteiger partial charge in [0.05, 0.1) is 0 Å². The molecule has 1 aromatic heterocycles. The van der Waals surface area contributed by atoms with Crippen molar-refractivity contribution >= 4 is 0 Å². The van der Waals surface area contributed by atoms with Crippen LogP contribution in [0.5, 0.6) is 0 Å². The number of benzene rings is 1. The van der Waals surface area contributed by atoms with Crippen LogP contribution in [0, 0.1) is 0 Å². The van der Waals surface area contributed by atoms with E-state index in [4.69, 9.17) is 0 Å². The van der Waals surface area contributed by atoms with E-state index in [1.165, 1.54) is 198 Å². The Labute approximate surface area is 276 Å². The lowest BCUT2D eigenvalue weighted by molar-refractivity contribution is -0.596. The number of unbranched alkanes of at least 4 members (excludes halogenated alkanes) is 26. The molecule has 0 fully saturated rings. The predicted molar refractivity (Wildman–Crippen MR) is 196 cm³/mol. The van der Waals surface area contributed by atoms with Crippen molar-refractivity contribution in [2.45, 2.75) is 206 Å². The second kappa shape index (κ2) is 28.8. The van der Waals surface area contributed by atoms with E-state index in [-0.39, 0.29) is 0 Å². The lowest BCUT2D eigenvalue weighted by Gasteiger charge is -2.09. The zero-order valence-electron chi connectivity index (χ0n) is 29.8. The van der Waals surface area contributed by atoms with Gasteiger partial charge < -0.3 is 0 Å². The first kappa shape index (κ1) is 38.6. The smallest absolute Gasteiger partial charge is 0.167 e. The molecule has 0 amide bonds. The Morgan fingerprint density at radius 3 is 1.09 bits per heavy atom. The molecule has 2 rings (SSSR count). The maximum atomic E-state index is 2.44. The Morgan fingerprint density at radius 1 is 0.364 bits per heavy atom. The van der Waals surface area contributed by atoms with Gasteiger partial charge in [-0.15, -0.1) is 0 Å². The molecule has 0 saturated carbocycles. The second-order valence-electron chi connectivity index (χ2n) is 13.9. The largest absolute Gasteiger partial charge is 0.210 e. The van der Waals surface area contributed by atoms with Crippen LogP contribution in [0.15, 0.2) is 48.8 Å². The number of hydrogen-bond acceptors (Lipinski definition) is 0. The fourth-order valence-electron chi connectivity index (χ4n) is 6.82. The number of nitrogens with zero attached hydrogens (tertiary/aromatic N) is 1. The van der Waals surface area contributed by atoms with Crippen molar-refractivity contribution < 1.29 is 4.57 Å². The van der Waals surface area contributed by atoms with E-state index in [1.807, 2.05) is 0 Å². The van der Waals surface area contributed by atoms with E-state index in [0.29, 0.717) is 0 Å². The molecule has 1 nitrogen and oxygen atoms in total. The molecule has 0 aliphatic heterocycles. The molecule has 44 heavy (non-hydrogen) atoms. The number of rotatable bonds is 31. The minimum absolute atomic E-state index is 1.24. The summed E-state index contributed by atoms with van der Waals surface area (Å²) in [5.74, 6) is 0. The molecule has 0 N–H and O–H groups in total. The van der Waals surface area contributed by atoms with Crippen molar-refractivity contribution in [1.29, 1.82) is 0 Å². The van der Waals surface area contributed by atoms with Crippen molar-refractivity contribution in [3.05, 3.63) is 59.9 Å². The molecule has 1 aromatic carbocycles. The summed E-state index contributed by atoms with van der Waals surface area (Å²) in [6, 6.07) is 13.3. The van der Waals surface area contributed by atoms with Gasteiger partial charge in [0.25, 0.3) is 0 Å². The lowest BCUT2D eigenvalue weighted by Crippen LogP contribution is -2.30. The van der Waals surface area contributed by atoms with E-state index >= 15 is 0 Å². The minimum atomic E-state index is 1.24. The zero-order valence-corrected chi connectivity index (χ0v) is 29.8. The third kappa shape index (κ3) is 20.4. The van der Waals surface area contributed by atoms with Crippen molar-refractivity contribution in [3.63, 3.8) is 0 Å². The van der Waals surface area contributed by atoms with Crippen LogP contribution in [0.3, 0.4) is 0 Å². The van der Waals surface area contributed by atoms with Gasteiger partial charge in [0, 0.05) is 23.8 Å². The molecule has 0 atom stereocenters. The SMILES string of the molecule is CCCCCCCCCCCCCCCCc1cc[n+](-c2ccccc2)cc1CCCCCCCCCCCCCCCC. The van der Waals surface area contributed by atoms with Gasteiger partial charge in [0.2, 0.25) is 5.69 Å². The lowest BCUT2D eigenvalue weighted by atomic mass is 9.97. The first-order valence-corrected chi connectivity index (χ1v) is 19.9. The number of hydrogen-bond donors (Lipinski definition) is 0. The Bertz CT molecular complexity index is 872. The van der Waals surface area contributed by atoms with E-state index < -0.39 is 0 Å². The van der Waals surface area contributed by atoms with Crippen LogP contribution in [0.4, 0.5) is 0 Å². The Balaban J connectivity index is 1.59. The van der Waals surface area contributed by atoms with Gasteiger partial charge in [-0.05, 0) is 31.2 Å². The van der Waals surface area contributed by atoms with Crippen molar-refractivity contribution in [2.75, 3.05) is 0 Å². The van der Waals surface area contributed by atoms with Gasteiger partial charge in [0.15, 0.2) is 12.4 Å². The topological polar surface area (TPSA) is 3.88 Å². The summed E-state index contributed by atoms with van der Waals surface area (Å²) in [4.78, 5) is 0.